The third-order valence-corrected chi connectivity index (χ3v) is 3.98. The Morgan fingerprint density at radius 3 is 2.86 bits per heavy atom. The molecule has 0 aromatic heterocycles. The predicted octanol–water partition coefficient (Wildman–Crippen LogP) is 2.16. The number of benzene rings is 1. The second-order valence-corrected chi connectivity index (χ2v) is 5.62. The molecule has 112 valence electrons. The largest absolute Gasteiger partial charge is 0.379 e. The van der Waals surface area contributed by atoms with Crippen LogP contribution in [0.3, 0.4) is 0 Å². The lowest BCUT2D eigenvalue weighted by atomic mass is 10.1. The van der Waals surface area contributed by atoms with E-state index in [2.05, 4.69) is 5.32 Å². The normalized spacial score (nSPS) is 21.7. The molecule has 3 rings (SSSR count). The van der Waals surface area contributed by atoms with Gasteiger partial charge in [-0.25, -0.2) is 0 Å². The lowest BCUT2D eigenvalue weighted by Gasteiger charge is -2.16. The average molecular weight is 293 g/mol. The van der Waals surface area contributed by atoms with Crippen molar-refractivity contribution in [2.45, 2.75) is 25.3 Å². The third kappa shape index (κ3) is 2.81. The van der Waals surface area contributed by atoms with E-state index in [1.165, 1.54) is 12.1 Å². The molecule has 2 fully saturated rings. The molecule has 21 heavy (non-hydrogen) atoms. The van der Waals surface area contributed by atoms with Gasteiger partial charge in [-0.2, -0.15) is 4.39 Å². The van der Waals surface area contributed by atoms with Crippen LogP contribution < -0.4 is 5.32 Å². The monoisotopic (exact) mass is 293 g/mol. The zero-order valence-corrected chi connectivity index (χ0v) is 11.4. The minimum absolute atomic E-state index is 0.112. The maximum Gasteiger partial charge on any atom is 0.327 e. The number of para-hydroxylation sites is 1. The van der Waals surface area contributed by atoms with Crippen molar-refractivity contribution in [2.24, 2.45) is 5.92 Å². The Labute approximate surface area is 121 Å². The summed E-state index contributed by atoms with van der Waals surface area (Å²) >= 11 is 0. The highest BCUT2D eigenvalue weighted by atomic mass is 19.1. The molecule has 1 saturated carbocycles. The highest BCUT2D eigenvalue weighted by Gasteiger charge is 2.39. The van der Waals surface area contributed by atoms with Crippen molar-refractivity contribution in [3.05, 3.63) is 34.1 Å². The van der Waals surface area contributed by atoms with Crippen LogP contribution in [0.1, 0.15) is 19.3 Å². The van der Waals surface area contributed by atoms with Crippen LogP contribution in [0.5, 0.6) is 0 Å². The molecule has 0 unspecified atom stereocenters. The van der Waals surface area contributed by atoms with E-state index < -0.39 is 16.4 Å². The summed E-state index contributed by atoms with van der Waals surface area (Å²) in [5, 5.41) is 13.8. The fourth-order valence-electron chi connectivity index (χ4n) is 2.78. The Hall–Kier alpha value is -2.18. The van der Waals surface area contributed by atoms with Gasteiger partial charge in [0.05, 0.1) is 4.92 Å². The smallest absolute Gasteiger partial charge is 0.327 e. The number of anilines is 1. The minimum Gasteiger partial charge on any atom is -0.379 e. The summed E-state index contributed by atoms with van der Waals surface area (Å²) in [4.78, 5) is 23.9. The topological polar surface area (TPSA) is 75.5 Å². The molecule has 0 spiro atoms. The van der Waals surface area contributed by atoms with Crippen molar-refractivity contribution in [2.75, 3.05) is 18.4 Å². The Morgan fingerprint density at radius 1 is 1.43 bits per heavy atom. The SMILES string of the molecule is O=C1C[C@H](CNc2cccc(F)c2[N+](=O)[O-])CN1C1CC1. The molecule has 2 aliphatic rings. The predicted molar refractivity (Wildman–Crippen MR) is 74.4 cm³/mol. The molecule has 0 bridgehead atoms. The Bertz CT molecular complexity index is 589. The van der Waals surface area contributed by atoms with E-state index in [1.54, 1.807) is 0 Å². The van der Waals surface area contributed by atoms with Crippen molar-refractivity contribution >= 4 is 17.3 Å². The number of nitrogens with zero attached hydrogens (tertiary/aromatic N) is 2. The van der Waals surface area contributed by atoms with Crippen molar-refractivity contribution in [3.8, 4) is 0 Å². The molecule has 1 heterocycles. The first kappa shape index (κ1) is 13.8. The van der Waals surface area contributed by atoms with E-state index in [4.69, 9.17) is 0 Å². The van der Waals surface area contributed by atoms with Crippen molar-refractivity contribution in [1.29, 1.82) is 0 Å². The summed E-state index contributed by atoms with van der Waals surface area (Å²) in [7, 11) is 0. The molecule has 1 aromatic carbocycles. The van der Waals surface area contributed by atoms with Crippen molar-refractivity contribution < 1.29 is 14.1 Å². The molecular formula is C14H16FN3O3. The number of nitrogens with one attached hydrogen (secondary N) is 1. The van der Waals surface area contributed by atoms with Crippen LogP contribution in [0, 0.1) is 21.8 Å². The Kier molecular flexibility index (Phi) is 3.48. The molecule has 1 N–H and O–H groups in total. The number of nitro groups is 1. The summed E-state index contributed by atoms with van der Waals surface area (Å²) in [6.07, 6.45) is 2.59. The van der Waals surface area contributed by atoms with Crippen LogP contribution in [-0.4, -0.2) is 34.9 Å². The molecule has 1 amide bonds. The number of amides is 1. The van der Waals surface area contributed by atoms with Crippen LogP contribution in [0.4, 0.5) is 15.8 Å². The summed E-state index contributed by atoms with van der Waals surface area (Å²) in [6, 6.07) is 4.38. The van der Waals surface area contributed by atoms with E-state index >= 15 is 0 Å². The molecule has 6 nitrogen and oxygen atoms in total. The number of hydrogen-bond acceptors (Lipinski definition) is 4. The van der Waals surface area contributed by atoms with Gasteiger partial charge >= 0.3 is 5.69 Å². The summed E-state index contributed by atoms with van der Waals surface area (Å²) in [5.41, 5.74) is -0.377. The zero-order chi connectivity index (χ0) is 15.0. The van der Waals surface area contributed by atoms with Gasteiger partial charge in [0.1, 0.15) is 5.69 Å². The summed E-state index contributed by atoms with van der Waals surface area (Å²) < 4.78 is 13.5. The molecule has 1 aliphatic carbocycles. The fourth-order valence-corrected chi connectivity index (χ4v) is 2.78. The summed E-state index contributed by atoms with van der Waals surface area (Å²) in [6.45, 7) is 1.11. The lowest BCUT2D eigenvalue weighted by molar-refractivity contribution is -0.386. The van der Waals surface area contributed by atoms with Crippen LogP contribution >= 0.6 is 0 Å². The number of halogens is 1. The fraction of sp³-hybridized carbons (Fsp3) is 0.500. The van der Waals surface area contributed by atoms with Crippen LogP contribution in [0.25, 0.3) is 0 Å². The average Bonchev–Trinajstić information content (AvgIpc) is 3.20. The number of rotatable bonds is 5. The van der Waals surface area contributed by atoms with Gasteiger partial charge in [-0.05, 0) is 25.0 Å². The van der Waals surface area contributed by atoms with Gasteiger partial charge < -0.3 is 10.2 Å². The standard InChI is InChI=1S/C14H16FN3O3/c15-11-2-1-3-12(14(11)18(20)21)16-7-9-6-13(19)17(8-9)10-4-5-10/h1-3,9-10,16H,4-8H2/t9-/m1/s1. The number of hydrogen-bond donors (Lipinski definition) is 1. The van der Waals surface area contributed by atoms with Gasteiger partial charge in [0.15, 0.2) is 0 Å². The molecule has 1 atom stereocenters. The molecule has 1 aromatic rings. The number of carbonyl (C=O) groups is 1. The molecule has 1 aliphatic heterocycles. The number of nitro benzene ring substituents is 1. The van der Waals surface area contributed by atoms with E-state index in [0.717, 1.165) is 18.9 Å². The van der Waals surface area contributed by atoms with Gasteiger partial charge in [-0.3, -0.25) is 14.9 Å². The Morgan fingerprint density at radius 2 is 2.19 bits per heavy atom. The van der Waals surface area contributed by atoms with E-state index in [1.807, 2.05) is 4.90 Å². The van der Waals surface area contributed by atoms with E-state index in [-0.39, 0.29) is 17.5 Å². The molecular weight excluding hydrogens is 277 g/mol. The zero-order valence-electron chi connectivity index (χ0n) is 11.4. The highest BCUT2D eigenvalue weighted by Crippen LogP contribution is 2.33. The first-order valence-electron chi connectivity index (χ1n) is 7.02. The van der Waals surface area contributed by atoms with E-state index in [0.29, 0.717) is 25.6 Å². The summed E-state index contributed by atoms with van der Waals surface area (Å²) in [5.74, 6) is -0.592. The quantitative estimate of drug-likeness (QED) is 0.666. The second kappa shape index (κ2) is 5.31. The molecule has 1 saturated heterocycles. The van der Waals surface area contributed by atoms with Crippen molar-refractivity contribution in [3.63, 3.8) is 0 Å². The Balaban J connectivity index is 1.64. The van der Waals surface area contributed by atoms with Gasteiger partial charge in [0, 0.05) is 31.5 Å². The number of likely N-dealkylation sites (tertiary alicyclic amines) is 1. The molecule has 7 heteroatoms. The number of carbonyl (C=O) groups excluding carboxylic acids is 1. The second-order valence-electron chi connectivity index (χ2n) is 5.62. The third-order valence-electron chi connectivity index (χ3n) is 3.98. The van der Waals surface area contributed by atoms with Gasteiger partial charge in [0.2, 0.25) is 11.7 Å². The maximum atomic E-state index is 13.5. The van der Waals surface area contributed by atoms with Gasteiger partial charge in [0.25, 0.3) is 0 Å². The maximum absolute atomic E-state index is 13.5. The molecule has 0 radical (unpaired) electrons. The van der Waals surface area contributed by atoms with Crippen LogP contribution in [0.2, 0.25) is 0 Å². The van der Waals surface area contributed by atoms with E-state index in [9.17, 15) is 19.3 Å². The van der Waals surface area contributed by atoms with Crippen LogP contribution in [-0.2, 0) is 4.79 Å². The first-order chi connectivity index (χ1) is 10.1. The van der Waals surface area contributed by atoms with Gasteiger partial charge in [-0.15, -0.1) is 0 Å². The minimum atomic E-state index is -0.855. The lowest BCUT2D eigenvalue weighted by Crippen LogP contribution is -2.28. The first-order valence-corrected chi connectivity index (χ1v) is 7.02. The highest BCUT2D eigenvalue weighted by molar-refractivity contribution is 5.79. The van der Waals surface area contributed by atoms with Gasteiger partial charge in [-0.1, -0.05) is 6.07 Å². The van der Waals surface area contributed by atoms with Crippen LogP contribution in [0.15, 0.2) is 18.2 Å². The van der Waals surface area contributed by atoms with Crippen molar-refractivity contribution in [1.82, 2.24) is 4.90 Å².